The molecule has 0 amide bonds. The highest BCUT2D eigenvalue weighted by Crippen LogP contribution is 2.36. The first kappa shape index (κ1) is 13.1. The minimum atomic E-state index is 0.665. The summed E-state index contributed by atoms with van der Waals surface area (Å²) < 4.78 is 0. The van der Waals surface area contributed by atoms with Gasteiger partial charge in [0.25, 0.3) is 0 Å². The molecule has 1 atom stereocenters. The topological polar surface area (TPSA) is 29.3 Å². The van der Waals surface area contributed by atoms with Gasteiger partial charge in [0.1, 0.15) is 0 Å². The Hall–Kier alpha value is -0.860. The number of hydrogen-bond donors (Lipinski definition) is 1. The van der Waals surface area contributed by atoms with E-state index in [2.05, 4.69) is 29.2 Å². The molecule has 1 aromatic rings. The van der Waals surface area contributed by atoms with Gasteiger partial charge in [-0.15, -0.1) is 0 Å². The SMILES string of the molecule is NCc1ccccc1CN1CCCC1C1CCCC1. The van der Waals surface area contributed by atoms with Crippen LogP contribution in [0, 0.1) is 5.92 Å². The van der Waals surface area contributed by atoms with E-state index in [1.165, 1.54) is 56.2 Å². The van der Waals surface area contributed by atoms with Crippen molar-refractivity contribution in [2.75, 3.05) is 6.54 Å². The van der Waals surface area contributed by atoms with E-state index in [1.54, 1.807) is 0 Å². The summed E-state index contributed by atoms with van der Waals surface area (Å²) in [5.41, 5.74) is 8.62. The maximum atomic E-state index is 5.86. The van der Waals surface area contributed by atoms with Gasteiger partial charge in [-0.2, -0.15) is 0 Å². The summed E-state index contributed by atoms with van der Waals surface area (Å²) in [5, 5.41) is 0. The largest absolute Gasteiger partial charge is 0.326 e. The van der Waals surface area contributed by atoms with Crippen LogP contribution < -0.4 is 5.73 Å². The lowest BCUT2D eigenvalue weighted by Gasteiger charge is -2.30. The second-order valence-electron chi connectivity index (χ2n) is 6.20. The van der Waals surface area contributed by atoms with E-state index < -0.39 is 0 Å². The van der Waals surface area contributed by atoms with Crippen LogP contribution >= 0.6 is 0 Å². The fourth-order valence-corrected chi connectivity index (χ4v) is 4.05. The smallest absolute Gasteiger partial charge is 0.0240 e. The normalized spacial score (nSPS) is 25.2. The molecule has 2 heteroatoms. The fourth-order valence-electron chi connectivity index (χ4n) is 4.05. The first-order chi connectivity index (χ1) is 9.38. The van der Waals surface area contributed by atoms with Crippen LogP contribution in [-0.4, -0.2) is 17.5 Å². The van der Waals surface area contributed by atoms with Crippen molar-refractivity contribution >= 4 is 0 Å². The second kappa shape index (κ2) is 6.06. The van der Waals surface area contributed by atoms with Gasteiger partial charge in [0.05, 0.1) is 0 Å². The molecule has 2 N–H and O–H groups in total. The molecule has 19 heavy (non-hydrogen) atoms. The van der Waals surface area contributed by atoms with E-state index in [1.807, 2.05) is 0 Å². The van der Waals surface area contributed by atoms with E-state index in [-0.39, 0.29) is 0 Å². The van der Waals surface area contributed by atoms with Crippen LogP contribution in [0.1, 0.15) is 49.7 Å². The molecule has 0 spiro atoms. The lowest BCUT2D eigenvalue weighted by Crippen LogP contribution is -2.34. The summed E-state index contributed by atoms with van der Waals surface area (Å²) in [4.78, 5) is 2.73. The van der Waals surface area contributed by atoms with Crippen molar-refractivity contribution < 1.29 is 0 Å². The molecule has 1 aliphatic heterocycles. The molecule has 1 aromatic carbocycles. The molecule has 0 bridgehead atoms. The minimum absolute atomic E-state index is 0.665. The first-order valence-corrected chi connectivity index (χ1v) is 7.89. The lowest BCUT2D eigenvalue weighted by atomic mass is 9.95. The average molecular weight is 258 g/mol. The maximum absolute atomic E-state index is 5.86. The van der Waals surface area contributed by atoms with Crippen LogP contribution in [-0.2, 0) is 13.1 Å². The third-order valence-electron chi connectivity index (χ3n) is 5.07. The van der Waals surface area contributed by atoms with E-state index in [4.69, 9.17) is 5.73 Å². The summed E-state index contributed by atoms with van der Waals surface area (Å²) in [7, 11) is 0. The summed E-state index contributed by atoms with van der Waals surface area (Å²) in [6.07, 6.45) is 8.61. The zero-order valence-electron chi connectivity index (χ0n) is 11.9. The molecule has 2 aliphatic rings. The van der Waals surface area contributed by atoms with Crippen LogP contribution in [0.15, 0.2) is 24.3 Å². The van der Waals surface area contributed by atoms with Crippen LogP contribution in [0.3, 0.4) is 0 Å². The zero-order valence-corrected chi connectivity index (χ0v) is 11.9. The van der Waals surface area contributed by atoms with Crippen LogP contribution in [0.25, 0.3) is 0 Å². The summed E-state index contributed by atoms with van der Waals surface area (Å²) in [6.45, 7) is 3.05. The number of nitrogens with two attached hydrogens (primary N) is 1. The van der Waals surface area contributed by atoms with Crippen molar-refractivity contribution in [2.24, 2.45) is 11.7 Å². The molecule has 1 saturated carbocycles. The number of likely N-dealkylation sites (tertiary alicyclic amines) is 1. The average Bonchev–Trinajstić information content (AvgIpc) is 3.09. The highest BCUT2D eigenvalue weighted by molar-refractivity contribution is 5.27. The molecular formula is C17H26N2. The molecule has 104 valence electrons. The molecule has 0 radical (unpaired) electrons. The highest BCUT2D eigenvalue weighted by Gasteiger charge is 2.33. The van der Waals surface area contributed by atoms with E-state index in [9.17, 15) is 0 Å². The van der Waals surface area contributed by atoms with Gasteiger partial charge in [0.15, 0.2) is 0 Å². The Morgan fingerprint density at radius 3 is 2.47 bits per heavy atom. The van der Waals surface area contributed by atoms with Gasteiger partial charge in [-0.1, -0.05) is 37.1 Å². The third kappa shape index (κ3) is 2.85. The Morgan fingerprint density at radius 2 is 1.74 bits per heavy atom. The minimum Gasteiger partial charge on any atom is -0.326 e. The fraction of sp³-hybridized carbons (Fsp3) is 0.647. The van der Waals surface area contributed by atoms with Gasteiger partial charge < -0.3 is 5.73 Å². The van der Waals surface area contributed by atoms with Gasteiger partial charge in [-0.3, -0.25) is 4.90 Å². The predicted octanol–water partition coefficient (Wildman–Crippen LogP) is 3.30. The molecule has 1 aliphatic carbocycles. The van der Waals surface area contributed by atoms with Gasteiger partial charge in [0.2, 0.25) is 0 Å². The van der Waals surface area contributed by atoms with E-state index in [0.717, 1.165) is 18.5 Å². The molecule has 2 nitrogen and oxygen atoms in total. The Balaban J connectivity index is 1.70. The van der Waals surface area contributed by atoms with Gasteiger partial charge in [-0.25, -0.2) is 0 Å². The second-order valence-corrected chi connectivity index (χ2v) is 6.20. The quantitative estimate of drug-likeness (QED) is 0.898. The monoisotopic (exact) mass is 258 g/mol. The third-order valence-corrected chi connectivity index (χ3v) is 5.07. The maximum Gasteiger partial charge on any atom is 0.0240 e. The molecule has 1 heterocycles. The van der Waals surface area contributed by atoms with Crippen molar-refractivity contribution in [3.63, 3.8) is 0 Å². The molecule has 1 unspecified atom stereocenters. The Morgan fingerprint density at radius 1 is 1.00 bits per heavy atom. The van der Waals surface area contributed by atoms with Crippen molar-refractivity contribution in [1.82, 2.24) is 4.90 Å². The number of nitrogens with zero attached hydrogens (tertiary/aromatic N) is 1. The molecule has 0 aromatic heterocycles. The lowest BCUT2D eigenvalue weighted by molar-refractivity contribution is 0.183. The summed E-state index contributed by atoms with van der Waals surface area (Å²) in [6, 6.07) is 9.52. The Labute approximate surface area is 117 Å². The molecule has 2 fully saturated rings. The van der Waals surface area contributed by atoms with Crippen molar-refractivity contribution in [3.05, 3.63) is 35.4 Å². The van der Waals surface area contributed by atoms with Crippen LogP contribution in [0.4, 0.5) is 0 Å². The van der Waals surface area contributed by atoms with Crippen LogP contribution in [0.2, 0.25) is 0 Å². The Kier molecular flexibility index (Phi) is 4.19. The number of benzene rings is 1. The zero-order chi connectivity index (χ0) is 13.1. The van der Waals surface area contributed by atoms with Crippen molar-refractivity contribution in [3.8, 4) is 0 Å². The van der Waals surface area contributed by atoms with Crippen molar-refractivity contribution in [1.29, 1.82) is 0 Å². The molecule has 1 saturated heterocycles. The van der Waals surface area contributed by atoms with Gasteiger partial charge in [-0.05, 0) is 49.3 Å². The summed E-state index contributed by atoms with van der Waals surface area (Å²) >= 11 is 0. The number of hydrogen-bond acceptors (Lipinski definition) is 2. The summed E-state index contributed by atoms with van der Waals surface area (Å²) in [5.74, 6) is 0.965. The number of rotatable bonds is 4. The molecular weight excluding hydrogens is 232 g/mol. The van der Waals surface area contributed by atoms with Gasteiger partial charge >= 0.3 is 0 Å². The predicted molar refractivity (Wildman–Crippen MR) is 79.7 cm³/mol. The first-order valence-electron chi connectivity index (χ1n) is 7.89. The standard InChI is InChI=1S/C17H26N2/c18-12-15-8-3-4-9-16(15)13-19-11-5-10-17(19)14-6-1-2-7-14/h3-4,8-9,14,17H,1-2,5-7,10-13,18H2. The van der Waals surface area contributed by atoms with E-state index in [0.29, 0.717) is 6.54 Å². The van der Waals surface area contributed by atoms with Gasteiger partial charge in [0, 0.05) is 19.1 Å². The van der Waals surface area contributed by atoms with Crippen LogP contribution in [0.5, 0.6) is 0 Å². The Bertz CT molecular complexity index is 409. The van der Waals surface area contributed by atoms with Crippen molar-refractivity contribution in [2.45, 2.75) is 57.7 Å². The highest BCUT2D eigenvalue weighted by atomic mass is 15.2. The molecule has 3 rings (SSSR count). The van der Waals surface area contributed by atoms with E-state index >= 15 is 0 Å².